The maximum atomic E-state index is 4.54. The van der Waals surface area contributed by atoms with E-state index in [1.165, 1.54) is 35.8 Å². The van der Waals surface area contributed by atoms with E-state index < -0.39 is 0 Å². The van der Waals surface area contributed by atoms with Crippen molar-refractivity contribution < 1.29 is 0 Å². The standard InChI is InChI=1S/C16H26BrN3/c1-4-18-14(13-8-11-5-6-12(13)7-11)9-15-16(17)10(2)19-20(15)3/h11-14,18H,4-9H2,1-3H3. The first-order chi connectivity index (χ1) is 9.60. The smallest absolute Gasteiger partial charge is 0.0738 e. The molecule has 1 aromatic heterocycles. The molecule has 0 amide bonds. The SMILES string of the molecule is CCNC(Cc1c(Br)c(C)nn1C)C1CC2CCC1C2. The van der Waals surface area contributed by atoms with Crippen LogP contribution in [0.1, 0.15) is 44.0 Å². The highest BCUT2D eigenvalue weighted by molar-refractivity contribution is 9.10. The fourth-order valence-electron chi connectivity index (χ4n) is 4.53. The number of halogens is 1. The van der Waals surface area contributed by atoms with Crippen molar-refractivity contribution in [2.75, 3.05) is 6.54 Å². The minimum absolute atomic E-state index is 0.612. The molecule has 0 aliphatic heterocycles. The van der Waals surface area contributed by atoms with E-state index in [2.05, 4.69) is 51.9 Å². The Morgan fingerprint density at radius 2 is 2.20 bits per heavy atom. The number of aryl methyl sites for hydroxylation is 2. The molecule has 2 bridgehead atoms. The molecular formula is C16H26BrN3. The zero-order valence-corrected chi connectivity index (χ0v) is 14.4. The first kappa shape index (κ1) is 14.6. The molecule has 20 heavy (non-hydrogen) atoms. The molecule has 4 unspecified atom stereocenters. The van der Waals surface area contributed by atoms with Gasteiger partial charge in [0.15, 0.2) is 0 Å². The van der Waals surface area contributed by atoms with Gasteiger partial charge in [-0.15, -0.1) is 0 Å². The van der Waals surface area contributed by atoms with Crippen LogP contribution in [0.2, 0.25) is 0 Å². The fraction of sp³-hybridized carbons (Fsp3) is 0.812. The Morgan fingerprint density at radius 3 is 2.70 bits per heavy atom. The molecule has 3 nitrogen and oxygen atoms in total. The Hall–Kier alpha value is -0.350. The van der Waals surface area contributed by atoms with Crippen molar-refractivity contribution in [3.63, 3.8) is 0 Å². The van der Waals surface area contributed by atoms with E-state index in [4.69, 9.17) is 0 Å². The molecule has 2 fully saturated rings. The van der Waals surface area contributed by atoms with Gasteiger partial charge in [-0.25, -0.2) is 0 Å². The number of rotatable bonds is 5. The van der Waals surface area contributed by atoms with Crippen molar-refractivity contribution in [1.82, 2.24) is 15.1 Å². The van der Waals surface area contributed by atoms with Crippen LogP contribution in [-0.2, 0) is 13.5 Å². The van der Waals surface area contributed by atoms with Gasteiger partial charge >= 0.3 is 0 Å². The third-order valence-corrected chi connectivity index (χ3v) is 6.48. The third-order valence-electron chi connectivity index (χ3n) is 5.45. The minimum atomic E-state index is 0.612. The highest BCUT2D eigenvalue weighted by Crippen LogP contribution is 2.50. The number of likely N-dealkylation sites (N-methyl/N-ethyl adjacent to an activating group) is 1. The van der Waals surface area contributed by atoms with E-state index in [1.54, 1.807) is 0 Å². The molecule has 0 saturated heterocycles. The van der Waals surface area contributed by atoms with Crippen molar-refractivity contribution in [1.29, 1.82) is 0 Å². The summed E-state index contributed by atoms with van der Waals surface area (Å²) in [5.74, 6) is 2.86. The van der Waals surface area contributed by atoms with E-state index in [0.717, 1.165) is 36.4 Å². The summed E-state index contributed by atoms with van der Waals surface area (Å²) in [6.45, 7) is 5.37. The van der Waals surface area contributed by atoms with Gasteiger partial charge in [0.2, 0.25) is 0 Å². The van der Waals surface area contributed by atoms with Crippen molar-refractivity contribution in [3.05, 3.63) is 15.9 Å². The molecule has 4 atom stereocenters. The first-order valence-corrected chi connectivity index (χ1v) is 8.80. The fourth-order valence-corrected chi connectivity index (χ4v) is 5.03. The van der Waals surface area contributed by atoms with Gasteiger partial charge in [0, 0.05) is 19.5 Å². The number of hydrogen-bond acceptors (Lipinski definition) is 2. The third kappa shape index (κ3) is 2.57. The van der Waals surface area contributed by atoms with E-state index in [1.807, 2.05) is 0 Å². The van der Waals surface area contributed by atoms with Crippen molar-refractivity contribution in [2.24, 2.45) is 24.8 Å². The lowest BCUT2D eigenvalue weighted by Crippen LogP contribution is -2.40. The number of aromatic nitrogens is 2. The second-order valence-electron chi connectivity index (χ2n) is 6.68. The second-order valence-corrected chi connectivity index (χ2v) is 7.47. The number of fused-ring (bicyclic) bond motifs is 2. The van der Waals surface area contributed by atoms with Crippen molar-refractivity contribution in [3.8, 4) is 0 Å². The Kier molecular flexibility index (Phi) is 4.23. The molecule has 0 spiro atoms. The number of nitrogens with zero attached hydrogens (tertiary/aromatic N) is 2. The van der Waals surface area contributed by atoms with Gasteiger partial charge in [0.05, 0.1) is 15.9 Å². The van der Waals surface area contributed by atoms with Crippen LogP contribution in [0, 0.1) is 24.7 Å². The van der Waals surface area contributed by atoms with Gasteiger partial charge in [-0.3, -0.25) is 4.68 Å². The van der Waals surface area contributed by atoms with Crippen LogP contribution in [0.25, 0.3) is 0 Å². The first-order valence-electron chi connectivity index (χ1n) is 8.01. The van der Waals surface area contributed by atoms with Gasteiger partial charge in [0.1, 0.15) is 0 Å². The van der Waals surface area contributed by atoms with Crippen LogP contribution in [0.5, 0.6) is 0 Å². The lowest BCUT2D eigenvalue weighted by molar-refractivity contribution is 0.246. The molecule has 1 N–H and O–H groups in total. The highest BCUT2D eigenvalue weighted by Gasteiger charge is 2.43. The van der Waals surface area contributed by atoms with E-state index in [-0.39, 0.29) is 0 Å². The van der Waals surface area contributed by atoms with E-state index >= 15 is 0 Å². The molecule has 112 valence electrons. The Morgan fingerprint density at radius 1 is 1.40 bits per heavy atom. The molecule has 2 aliphatic rings. The normalized spacial score (nSPS) is 30.1. The van der Waals surface area contributed by atoms with Crippen LogP contribution in [0.4, 0.5) is 0 Å². The molecule has 2 aliphatic carbocycles. The summed E-state index contributed by atoms with van der Waals surface area (Å²) in [7, 11) is 2.07. The molecular weight excluding hydrogens is 314 g/mol. The van der Waals surface area contributed by atoms with Crippen molar-refractivity contribution in [2.45, 2.75) is 52.0 Å². The topological polar surface area (TPSA) is 29.9 Å². The lowest BCUT2D eigenvalue weighted by Gasteiger charge is -2.31. The van der Waals surface area contributed by atoms with Crippen LogP contribution in [0.3, 0.4) is 0 Å². The average Bonchev–Trinajstić information content (AvgIpc) is 3.09. The Bertz CT molecular complexity index is 482. The van der Waals surface area contributed by atoms with Gasteiger partial charge in [-0.05, 0) is 66.4 Å². The second kappa shape index (κ2) is 5.80. The summed E-state index contributed by atoms with van der Waals surface area (Å²) < 4.78 is 3.25. The average molecular weight is 340 g/mol. The predicted octanol–water partition coefficient (Wildman–Crippen LogP) is 3.45. The zero-order valence-electron chi connectivity index (χ0n) is 12.8. The summed E-state index contributed by atoms with van der Waals surface area (Å²) in [5, 5.41) is 8.30. The maximum absolute atomic E-state index is 4.54. The summed E-state index contributed by atoms with van der Waals surface area (Å²) in [5.41, 5.74) is 2.45. The van der Waals surface area contributed by atoms with Crippen LogP contribution >= 0.6 is 15.9 Å². The quantitative estimate of drug-likeness (QED) is 0.890. The van der Waals surface area contributed by atoms with Gasteiger partial charge in [-0.1, -0.05) is 13.3 Å². The molecule has 2 saturated carbocycles. The number of nitrogens with one attached hydrogen (secondary N) is 1. The van der Waals surface area contributed by atoms with E-state index in [0.29, 0.717) is 6.04 Å². The van der Waals surface area contributed by atoms with Gasteiger partial charge in [0.25, 0.3) is 0 Å². The number of hydrogen-bond donors (Lipinski definition) is 1. The van der Waals surface area contributed by atoms with Crippen LogP contribution in [-0.4, -0.2) is 22.4 Å². The zero-order chi connectivity index (χ0) is 14.3. The summed E-state index contributed by atoms with van der Waals surface area (Å²) in [4.78, 5) is 0. The molecule has 1 aromatic rings. The monoisotopic (exact) mass is 339 g/mol. The Labute approximate surface area is 130 Å². The molecule has 0 aromatic carbocycles. The largest absolute Gasteiger partial charge is 0.314 e. The predicted molar refractivity (Wildman–Crippen MR) is 85.8 cm³/mol. The lowest BCUT2D eigenvalue weighted by atomic mass is 9.81. The molecule has 4 heteroatoms. The highest BCUT2D eigenvalue weighted by atomic mass is 79.9. The molecule has 3 rings (SSSR count). The maximum Gasteiger partial charge on any atom is 0.0738 e. The summed E-state index contributed by atoms with van der Waals surface area (Å²) >= 11 is 3.72. The summed E-state index contributed by atoms with van der Waals surface area (Å²) in [6.07, 6.45) is 6.96. The minimum Gasteiger partial charge on any atom is -0.314 e. The van der Waals surface area contributed by atoms with Crippen LogP contribution < -0.4 is 5.32 Å². The molecule has 0 radical (unpaired) electrons. The van der Waals surface area contributed by atoms with E-state index in [9.17, 15) is 0 Å². The van der Waals surface area contributed by atoms with Gasteiger partial charge in [-0.2, -0.15) is 5.10 Å². The molecule has 1 heterocycles. The van der Waals surface area contributed by atoms with Crippen molar-refractivity contribution >= 4 is 15.9 Å². The summed E-state index contributed by atoms with van der Waals surface area (Å²) in [6, 6.07) is 0.612. The van der Waals surface area contributed by atoms with Crippen LogP contribution in [0.15, 0.2) is 4.47 Å². The Balaban J connectivity index is 1.77. The van der Waals surface area contributed by atoms with Gasteiger partial charge < -0.3 is 5.32 Å².